The molecule has 5 nitrogen and oxygen atoms in total. The summed E-state index contributed by atoms with van der Waals surface area (Å²) >= 11 is 0. The molecule has 0 aliphatic carbocycles. The third-order valence-corrected chi connectivity index (χ3v) is 3.84. The van der Waals surface area contributed by atoms with Gasteiger partial charge in [-0.05, 0) is 37.1 Å². The number of hydrogen-bond donors (Lipinski definition) is 2. The van der Waals surface area contributed by atoms with E-state index in [1.165, 1.54) is 6.07 Å². The maximum absolute atomic E-state index is 13.7. The molecule has 0 amide bonds. The third-order valence-electron chi connectivity index (χ3n) is 3.84. The molecule has 0 bridgehead atoms. The third kappa shape index (κ3) is 4.69. The van der Waals surface area contributed by atoms with Crippen molar-refractivity contribution in [3.63, 3.8) is 0 Å². The SMILES string of the molecule is COc1cccc(Nc2nc(C)cc(NCCc3ccccc3F)n2)c1. The highest BCUT2D eigenvalue weighted by Gasteiger charge is 2.05. The molecule has 0 radical (unpaired) electrons. The van der Waals surface area contributed by atoms with Crippen LogP contribution in [0.2, 0.25) is 0 Å². The number of rotatable bonds is 7. The zero-order valence-electron chi connectivity index (χ0n) is 14.8. The highest BCUT2D eigenvalue weighted by molar-refractivity contribution is 5.57. The van der Waals surface area contributed by atoms with E-state index < -0.39 is 0 Å². The molecule has 0 saturated carbocycles. The quantitative estimate of drug-likeness (QED) is 0.663. The van der Waals surface area contributed by atoms with Crippen molar-refractivity contribution in [3.05, 3.63) is 71.7 Å². The highest BCUT2D eigenvalue weighted by atomic mass is 19.1. The van der Waals surface area contributed by atoms with E-state index in [0.717, 1.165) is 17.1 Å². The number of hydrogen-bond acceptors (Lipinski definition) is 5. The fourth-order valence-corrected chi connectivity index (χ4v) is 2.57. The van der Waals surface area contributed by atoms with Crippen LogP contribution in [0.3, 0.4) is 0 Å². The summed E-state index contributed by atoms with van der Waals surface area (Å²) in [4.78, 5) is 8.87. The van der Waals surface area contributed by atoms with Gasteiger partial charge in [0.25, 0.3) is 0 Å². The molecule has 3 rings (SSSR count). The fraction of sp³-hybridized carbons (Fsp3) is 0.200. The van der Waals surface area contributed by atoms with Gasteiger partial charge in [-0.2, -0.15) is 4.98 Å². The Morgan fingerprint density at radius 1 is 1.04 bits per heavy atom. The first-order chi connectivity index (χ1) is 12.6. The first-order valence-electron chi connectivity index (χ1n) is 8.38. The average Bonchev–Trinajstić information content (AvgIpc) is 2.63. The molecule has 0 aliphatic heterocycles. The minimum atomic E-state index is -0.187. The minimum Gasteiger partial charge on any atom is -0.497 e. The Morgan fingerprint density at radius 2 is 1.88 bits per heavy atom. The van der Waals surface area contributed by atoms with Crippen LogP contribution in [-0.2, 0) is 6.42 Å². The number of anilines is 3. The summed E-state index contributed by atoms with van der Waals surface area (Å²) in [5.41, 5.74) is 2.35. The Hall–Kier alpha value is -3.15. The van der Waals surface area contributed by atoms with Gasteiger partial charge in [0.1, 0.15) is 17.4 Å². The second-order valence-corrected chi connectivity index (χ2v) is 5.84. The van der Waals surface area contributed by atoms with Crippen molar-refractivity contribution in [2.75, 3.05) is 24.3 Å². The normalized spacial score (nSPS) is 10.4. The van der Waals surface area contributed by atoms with Gasteiger partial charge in [-0.25, -0.2) is 9.37 Å². The van der Waals surface area contributed by atoms with Crippen molar-refractivity contribution in [1.29, 1.82) is 0 Å². The van der Waals surface area contributed by atoms with Gasteiger partial charge in [0.15, 0.2) is 0 Å². The predicted octanol–water partition coefficient (Wildman–Crippen LogP) is 4.33. The molecular formula is C20H21FN4O. The second-order valence-electron chi connectivity index (χ2n) is 5.84. The molecule has 2 N–H and O–H groups in total. The molecule has 134 valence electrons. The number of nitrogens with zero attached hydrogens (tertiary/aromatic N) is 2. The van der Waals surface area contributed by atoms with Gasteiger partial charge < -0.3 is 15.4 Å². The second kappa shape index (κ2) is 8.29. The van der Waals surface area contributed by atoms with Gasteiger partial charge in [-0.3, -0.25) is 0 Å². The number of halogens is 1. The molecule has 0 unspecified atom stereocenters. The van der Waals surface area contributed by atoms with E-state index in [1.807, 2.05) is 43.3 Å². The largest absolute Gasteiger partial charge is 0.497 e. The van der Waals surface area contributed by atoms with Crippen LogP contribution in [0.25, 0.3) is 0 Å². The van der Waals surface area contributed by atoms with Crippen LogP contribution in [0, 0.1) is 12.7 Å². The summed E-state index contributed by atoms with van der Waals surface area (Å²) in [5, 5.41) is 6.40. The lowest BCUT2D eigenvalue weighted by atomic mass is 10.1. The van der Waals surface area contributed by atoms with E-state index in [-0.39, 0.29) is 5.82 Å². The van der Waals surface area contributed by atoms with Crippen LogP contribution in [0.15, 0.2) is 54.6 Å². The lowest BCUT2D eigenvalue weighted by Crippen LogP contribution is -2.09. The van der Waals surface area contributed by atoms with Crippen molar-refractivity contribution in [3.8, 4) is 5.75 Å². The van der Waals surface area contributed by atoms with E-state index in [2.05, 4.69) is 20.6 Å². The van der Waals surface area contributed by atoms with Crippen LogP contribution in [0.4, 0.5) is 21.8 Å². The van der Waals surface area contributed by atoms with Gasteiger partial charge in [-0.15, -0.1) is 0 Å². The molecule has 26 heavy (non-hydrogen) atoms. The van der Waals surface area contributed by atoms with E-state index in [1.54, 1.807) is 19.2 Å². The van der Waals surface area contributed by atoms with Gasteiger partial charge in [0.2, 0.25) is 5.95 Å². The maximum atomic E-state index is 13.7. The Balaban J connectivity index is 1.66. The zero-order valence-corrected chi connectivity index (χ0v) is 14.8. The van der Waals surface area contributed by atoms with Crippen LogP contribution in [0.1, 0.15) is 11.3 Å². The standard InChI is InChI=1S/C20H21FN4O/c1-14-12-19(22-11-10-15-6-3-4-9-18(15)21)25-20(23-14)24-16-7-5-8-17(13-16)26-2/h3-9,12-13H,10-11H2,1-2H3,(H2,22,23,24,25). The molecule has 0 aliphatic rings. The van der Waals surface area contributed by atoms with Crippen molar-refractivity contribution in [1.82, 2.24) is 9.97 Å². The van der Waals surface area contributed by atoms with Gasteiger partial charge >= 0.3 is 0 Å². The van der Waals surface area contributed by atoms with Crippen molar-refractivity contribution in [2.45, 2.75) is 13.3 Å². The average molecular weight is 352 g/mol. The topological polar surface area (TPSA) is 59.1 Å². The highest BCUT2D eigenvalue weighted by Crippen LogP contribution is 2.20. The first-order valence-corrected chi connectivity index (χ1v) is 8.38. The van der Waals surface area contributed by atoms with Crippen LogP contribution in [-0.4, -0.2) is 23.6 Å². The number of aryl methyl sites for hydroxylation is 1. The predicted molar refractivity (Wildman–Crippen MR) is 102 cm³/mol. The molecule has 0 fully saturated rings. The summed E-state index contributed by atoms with van der Waals surface area (Å²) < 4.78 is 18.9. The molecule has 1 heterocycles. The monoisotopic (exact) mass is 352 g/mol. The lowest BCUT2D eigenvalue weighted by molar-refractivity contribution is 0.415. The number of ether oxygens (including phenoxy) is 1. The van der Waals surface area contributed by atoms with Crippen LogP contribution < -0.4 is 15.4 Å². The number of nitrogens with one attached hydrogen (secondary N) is 2. The van der Waals surface area contributed by atoms with E-state index in [0.29, 0.717) is 30.3 Å². The number of aromatic nitrogens is 2. The summed E-state index contributed by atoms with van der Waals surface area (Å²) in [5.74, 6) is 1.75. The summed E-state index contributed by atoms with van der Waals surface area (Å²) in [6.07, 6.45) is 0.578. The fourth-order valence-electron chi connectivity index (χ4n) is 2.57. The molecule has 2 aromatic carbocycles. The molecule has 0 saturated heterocycles. The van der Waals surface area contributed by atoms with Crippen LogP contribution >= 0.6 is 0 Å². The van der Waals surface area contributed by atoms with Crippen molar-refractivity contribution < 1.29 is 9.13 Å². The summed E-state index contributed by atoms with van der Waals surface area (Å²) in [6.45, 7) is 2.48. The Bertz CT molecular complexity index is 885. The van der Waals surface area contributed by atoms with E-state index >= 15 is 0 Å². The Kier molecular flexibility index (Phi) is 5.63. The Labute approximate surface area is 152 Å². The van der Waals surface area contributed by atoms with Gasteiger partial charge in [0.05, 0.1) is 7.11 Å². The maximum Gasteiger partial charge on any atom is 0.229 e. The zero-order chi connectivity index (χ0) is 18.4. The molecule has 3 aromatic rings. The molecule has 1 aromatic heterocycles. The molecular weight excluding hydrogens is 331 g/mol. The van der Waals surface area contributed by atoms with E-state index in [9.17, 15) is 4.39 Å². The smallest absolute Gasteiger partial charge is 0.229 e. The van der Waals surface area contributed by atoms with Crippen molar-refractivity contribution in [2.24, 2.45) is 0 Å². The summed E-state index contributed by atoms with van der Waals surface area (Å²) in [7, 11) is 1.62. The number of methoxy groups -OCH3 is 1. The minimum absolute atomic E-state index is 0.187. The summed E-state index contributed by atoms with van der Waals surface area (Å²) in [6, 6.07) is 16.2. The van der Waals surface area contributed by atoms with Crippen molar-refractivity contribution >= 4 is 17.5 Å². The molecule has 6 heteroatoms. The molecule has 0 spiro atoms. The van der Waals surface area contributed by atoms with E-state index in [4.69, 9.17) is 4.74 Å². The number of benzene rings is 2. The van der Waals surface area contributed by atoms with Gasteiger partial charge in [0, 0.05) is 30.1 Å². The van der Waals surface area contributed by atoms with Gasteiger partial charge in [-0.1, -0.05) is 24.3 Å². The Morgan fingerprint density at radius 3 is 2.69 bits per heavy atom. The lowest BCUT2D eigenvalue weighted by Gasteiger charge is -2.11. The molecule has 0 atom stereocenters. The van der Waals surface area contributed by atoms with Crippen LogP contribution in [0.5, 0.6) is 5.75 Å². The first kappa shape index (κ1) is 17.7.